The molecule has 0 spiro atoms. The molecular formula is C28H26N2O4S. The van der Waals surface area contributed by atoms with Gasteiger partial charge < -0.3 is 10.1 Å². The number of ether oxygens (including phenoxy) is 1. The summed E-state index contributed by atoms with van der Waals surface area (Å²) in [4.78, 5) is 13.0. The average molecular weight is 487 g/mol. The average Bonchev–Trinajstić information content (AvgIpc) is 2.88. The van der Waals surface area contributed by atoms with Gasteiger partial charge in [-0.3, -0.25) is 9.10 Å². The second-order valence-electron chi connectivity index (χ2n) is 7.94. The van der Waals surface area contributed by atoms with Crippen molar-refractivity contribution in [3.63, 3.8) is 0 Å². The van der Waals surface area contributed by atoms with Crippen molar-refractivity contribution >= 4 is 21.6 Å². The molecule has 4 aromatic rings. The van der Waals surface area contributed by atoms with Crippen molar-refractivity contribution in [2.75, 3.05) is 10.8 Å². The van der Waals surface area contributed by atoms with E-state index in [1.807, 2.05) is 61.5 Å². The Hall–Kier alpha value is -4.10. The van der Waals surface area contributed by atoms with Crippen LogP contribution in [0.15, 0.2) is 114 Å². The fourth-order valence-electron chi connectivity index (χ4n) is 3.53. The fourth-order valence-corrected chi connectivity index (χ4v) is 4.97. The Morgan fingerprint density at radius 3 is 2.00 bits per heavy atom. The first-order chi connectivity index (χ1) is 16.9. The second-order valence-corrected chi connectivity index (χ2v) is 9.80. The van der Waals surface area contributed by atoms with Gasteiger partial charge in [-0.25, -0.2) is 8.42 Å². The number of nitrogens with one attached hydrogen (secondary N) is 1. The van der Waals surface area contributed by atoms with Crippen LogP contribution < -0.4 is 14.4 Å². The summed E-state index contributed by atoms with van der Waals surface area (Å²) in [6, 6.07) is 31.7. The monoisotopic (exact) mass is 486 g/mol. The Kier molecular flexibility index (Phi) is 7.48. The largest absolute Gasteiger partial charge is 0.457 e. The minimum atomic E-state index is -3.98. The number of anilines is 1. The molecule has 7 heteroatoms. The summed E-state index contributed by atoms with van der Waals surface area (Å²) in [7, 11) is -3.98. The van der Waals surface area contributed by atoms with Crippen LogP contribution in [0.2, 0.25) is 0 Å². The van der Waals surface area contributed by atoms with E-state index >= 15 is 0 Å². The Labute approximate surface area is 205 Å². The van der Waals surface area contributed by atoms with Crippen LogP contribution in [0.25, 0.3) is 0 Å². The van der Waals surface area contributed by atoms with Crippen molar-refractivity contribution in [1.29, 1.82) is 0 Å². The zero-order chi connectivity index (χ0) is 24.7. The molecule has 0 aliphatic carbocycles. The Bertz CT molecular complexity index is 1370. The molecule has 0 saturated heterocycles. The van der Waals surface area contributed by atoms with Gasteiger partial charge >= 0.3 is 0 Å². The van der Waals surface area contributed by atoms with E-state index in [-0.39, 0.29) is 11.4 Å². The van der Waals surface area contributed by atoms with E-state index in [9.17, 15) is 13.2 Å². The molecule has 0 fully saturated rings. The van der Waals surface area contributed by atoms with Gasteiger partial charge in [-0.1, -0.05) is 60.7 Å². The molecule has 0 saturated carbocycles. The van der Waals surface area contributed by atoms with Crippen LogP contribution in [0.1, 0.15) is 11.1 Å². The number of sulfonamides is 1. The van der Waals surface area contributed by atoms with Crippen molar-refractivity contribution in [2.45, 2.75) is 18.4 Å². The summed E-state index contributed by atoms with van der Waals surface area (Å²) in [5, 5.41) is 2.84. The van der Waals surface area contributed by atoms with E-state index in [4.69, 9.17) is 4.74 Å². The number of hydrogen-bond donors (Lipinski definition) is 1. The number of carbonyl (C=O) groups excluding carboxylic acids is 1. The summed E-state index contributed by atoms with van der Waals surface area (Å²) >= 11 is 0. The molecule has 4 rings (SSSR count). The molecule has 4 aromatic carbocycles. The SMILES string of the molecule is Cc1ccccc1CNC(=O)CN(c1ccc(Oc2ccccc2)cc1)S(=O)(=O)c1ccccc1. The van der Waals surface area contributed by atoms with Crippen LogP contribution in [0.4, 0.5) is 5.69 Å². The van der Waals surface area contributed by atoms with E-state index in [0.29, 0.717) is 23.7 Å². The van der Waals surface area contributed by atoms with Gasteiger partial charge in [-0.2, -0.15) is 0 Å². The van der Waals surface area contributed by atoms with Crippen LogP contribution in [-0.2, 0) is 21.4 Å². The van der Waals surface area contributed by atoms with Crippen molar-refractivity contribution < 1.29 is 17.9 Å². The first kappa shape index (κ1) is 24.0. The van der Waals surface area contributed by atoms with E-state index in [2.05, 4.69) is 5.32 Å². The number of benzene rings is 4. The van der Waals surface area contributed by atoms with Crippen LogP contribution >= 0.6 is 0 Å². The molecule has 0 unspecified atom stereocenters. The molecule has 178 valence electrons. The number of carbonyl (C=O) groups is 1. The highest BCUT2D eigenvalue weighted by Crippen LogP contribution is 2.28. The molecular weight excluding hydrogens is 460 g/mol. The standard InChI is InChI=1S/C28H26N2O4S/c1-22-10-8-9-11-23(22)20-29-28(31)21-30(35(32,33)27-14-6-3-7-15-27)24-16-18-26(19-17-24)34-25-12-4-2-5-13-25/h2-19H,20-21H2,1H3,(H,29,31). The van der Waals surface area contributed by atoms with E-state index in [1.54, 1.807) is 42.5 Å². The van der Waals surface area contributed by atoms with Crippen LogP contribution in [0.3, 0.4) is 0 Å². The van der Waals surface area contributed by atoms with Gasteiger partial charge in [0.2, 0.25) is 5.91 Å². The van der Waals surface area contributed by atoms with Crippen molar-refractivity contribution in [3.8, 4) is 11.5 Å². The molecule has 35 heavy (non-hydrogen) atoms. The van der Waals surface area contributed by atoms with Crippen LogP contribution in [0.5, 0.6) is 11.5 Å². The normalized spacial score (nSPS) is 11.0. The Morgan fingerprint density at radius 2 is 1.34 bits per heavy atom. The summed E-state index contributed by atoms with van der Waals surface area (Å²) < 4.78 is 33.9. The highest BCUT2D eigenvalue weighted by Gasteiger charge is 2.27. The minimum Gasteiger partial charge on any atom is -0.457 e. The van der Waals surface area contributed by atoms with Gasteiger partial charge in [0.25, 0.3) is 10.0 Å². The number of amides is 1. The van der Waals surface area contributed by atoms with E-state index in [1.165, 1.54) is 12.1 Å². The van der Waals surface area contributed by atoms with Gasteiger partial charge in [0, 0.05) is 6.54 Å². The van der Waals surface area contributed by atoms with Crippen LogP contribution in [-0.4, -0.2) is 20.9 Å². The third kappa shape index (κ3) is 6.07. The van der Waals surface area contributed by atoms with Crippen molar-refractivity contribution in [3.05, 3.63) is 120 Å². The number of aryl methyl sites for hydroxylation is 1. The molecule has 6 nitrogen and oxygen atoms in total. The van der Waals surface area contributed by atoms with E-state index < -0.39 is 15.9 Å². The predicted octanol–water partition coefficient (Wildman–Crippen LogP) is 5.30. The first-order valence-corrected chi connectivity index (χ1v) is 12.6. The molecule has 0 aromatic heterocycles. The van der Waals surface area contributed by atoms with Gasteiger partial charge in [0.05, 0.1) is 10.6 Å². The number of rotatable bonds is 9. The number of hydrogen-bond acceptors (Lipinski definition) is 4. The minimum absolute atomic E-state index is 0.108. The van der Waals surface area contributed by atoms with Crippen molar-refractivity contribution in [1.82, 2.24) is 5.32 Å². The molecule has 0 radical (unpaired) electrons. The predicted molar refractivity (Wildman–Crippen MR) is 137 cm³/mol. The smallest absolute Gasteiger partial charge is 0.264 e. The zero-order valence-electron chi connectivity index (χ0n) is 19.3. The number of para-hydroxylation sites is 1. The lowest BCUT2D eigenvalue weighted by molar-refractivity contribution is -0.119. The Balaban J connectivity index is 1.57. The van der Waals surface area contributed by atoms with Gasteiger partial charge in [-0.15, -0.1) is 0 Å². The quantitative estimate of drug-likeness (QED) is 0.348. The summed E-state index contributed by atoms with van der Waals surface area (Å²) in [6.07, 6.45) is 0. The fraction of sp³-hybridized carbons (Fsp3) is 0.107. The lowest BCUT2D eigenvalue weighted by atomic mass is 10.1. The van der Waals surface area contributed by atoms with Crippen LogP contribution in [0, 0.1) is 6.92 Å². The highest BCUT2D eigenvalue weighted by atomic mass is 32.2. The maximum absolute atomic E-state index is 13.5. The maximum Gasteiger partial charge on any atom is 0.264 e. The topological polar surface area (TPSA) is 75.7 Å². The molecule has 1 amide bonds. The third-order valence-corrected chi connectivity index (χ3v) is 7.25. The van der Waals surface area contributed by atoms with Gasteiger partial charge in [0.1, 0.15) is 18.0 Å². The first-order valence-electron chi connectivity index (χ1n) is 11.2. The summed E-state index contributed by atoms with van der Waals surface area (Å²) in [6.45, 7) is 1.92. The molecule has 1 N–H and O–H groups in total. The summed E-state index contributed by atoms with van der Waals surface area (Å²) in [5.74, 6) is 0.822. The third-order valence-electron chi connectivity index (χ3n) is 5.46. The second kappa shape index (κ2) is 10.9. The summed E-state index contributed by atoms with van der Waals surface area (Å²) in [5.41, 5.74) is 2.39. The van der Waals surface area contributed by atoms with Gasteiger partial charge in [-0.05, 0) is 66.6 Å². The highest BCUT2D eigenvalue weighted by molar-refractivity contribution is 7.92. The maximum atomic E-state index is 13.5. The van der Waals surface area contributed by atoms with Crippen molar-refractivity contribution in [2.24, 2.45) is 0 Å². The lowest BCUT2D eigenvalue weighted by Gasteiger charge is -2.24. The Morgan fingerprint density at radius 1 is 0.771 bits per heavy atom. The molecule has 0 atom stereocenters. The number of nitrogens with zero attached hydrogens (tertiary/aromatic N) is 1. The zero-order valence-corrected chi connectivity index (χ0v) is 20.1. The van der Waals surface area contributed by atoms with E-state index in [0.717, 1.165) is 15.4 Å². The lowest BCUT2D eigenvalue weighted by Crippen LogP contribution is -2.40. The molecule has 0 aliphatic heterocycles. The molecule has 0 aliphatic rings. The molecule has 0 bridgehead atoms. The molecule has 0 heterocycles. The van der Waals surface area contributed by atoms with Gasteiger partial charge in [0.15, 0.2) is 0 Å².